The summed E-state index contributed by atoms with van der Waals surface area (Å²) in [6, 6.07) is 8.90. The molecule has 0 spiro atoms. The molecule has 0 saturated carbocycles. The van der Waals surface area contributed by atoms with Crippen LogP contribution >= 0.6 is 11.6 Å². The minimum Gasteiger partial charge on any atom is -0.441 e. The molecule has 2 saturated heterocycles. The SMILES string of the molecule is O=C1NC(=O)N(c2ccc(Cl)cc2)C(=O)/C1=C\c1ccc(N2CCCC2)o1. The smallest absolute Gasteiger partial charge is 0.335 e. The van der Waals surface area contributed by atoms with Gasteiger partial charge in [-0.25, -0.2) is 9.69 Å². The third kappa shape index (κ3) is 3.33. The van der Waals surface area contributed by atoms with Crippen LogP contribution in [0.15, 0.2) is 46.4 Å². The fourth-order valence-electron chi connectivity index (χ4n) is 3.15. The normalized spacial score (nSPS) is 19.1. The van der Waals surface area contributed by atoms with Gasteiger partial charge in [-0.2, -0.15) is 0 Å². The van der Waals surface area contributed by atoms with E-state index in [4.69, 9.17) is 16.0 Å². The number of barbiturate groups is 1. The van der Waals surface area contributed by atoms with Crippen molar-refractivity contribution in [2.75, 3.05) is 22.9 Å². The molecule has 1 aromatic carbocycles. The molecule has 0 bridgehead atoms. The molecule has 2 aromatic rings. The summed E-state index contributed by atoms with van der Waals surface area (Å²) in [4.78, 5) is 40.1. The van der Waals surface area contributed by atoms with Crippen LogP contribution in [0.1, 0.15) is 18.6 Å². The second-order valence-corrected chi connectivity index (χ2v) is 6.74. The Bertz CT molecular complexity index is 942. The standard InChI is InChI=1S/C19H16ClN3O4/c20-12-3-5-13(6-4-12)23-18(25)15(17(24)21-19(23)26)11-14-7-8-16(27-14)22-9-1-2-10-22/h3-8,11H,1-2,9-10H2,(H,21,24,26)/b15-11-. The molecule has 0 radical (unpaired) electrons. The van der Waals surface area contributed by atoms with Gasteiger partial charge in [0.05, 0.1) is 5.69 Å². The van der Waals surface area contributed by atoms with Crippen LogP contribution in [-0.4, -0.2) is 30.9 Å². The van der Waals surface area contributed by atoms with E-state index in [9.17, 15) is 14.4 Å². The number of benzene rings is 1. The first-order chi connectivity index (χ1) is 13.0. The number of hydrogen-bond donors (Lipinski definition) is 1. The van der Waals surface area contributed by atoms with Gasteiger partial charge in [0, 0.05) is 24.2 Å². The van der Waals surface area contributed by atoms with Crippen LogP contribution in [0.5, 0.6) is 0 Å². The highest BCUT2D eigenvalue weighted by Crippen LogP contribution is 2.26. The Kier molecular flexibility index (Phi) is 4.45. The van der Waals surface area contributed by atoms with Crippen molar-refractivity contribution < 1.29 is 18.8 Å². The molecule has 8 heteroatoms. The summed E-state index contributed by atoms with van der Waals surface area (Å²) in [5.74, 6) is -0.394. The topological polar surface area (TPSA) is 82.9 Å². The first kappa shape index (κ1) is 17.4. The van der Waals surface area contributed by atoms with Gasteiger partial charge in [-0.1, -0.05) is 11.6 Å². The molecule has 1 N–H and O–H groups in total. The van der Waals surface area contributed by atoms with Gasteiger partial charge in [-0.15, -0.1) is 0 Å². The van der Waals surface area contributed by atoms with Gasteiger partial charge in [-0.05, 0) is 49.2 Å². The zero-order valence-electron chi connectivity index (χ0n) is 14.3. The van der Waals surface area contributed by atoms with Gasteiger partial charge in [0.25, 0.3) is 11.8 Å². The Balaban J connectivity index is 1.64. The number of hydrogen-bond acceptors (Lipinski definition) is 5. The minimum atomic E-state index is -0.804. The molecule has 0 atom stereocenters. The molecule has 7 nitrogen and oxygen atoms in total. The van der Waals surface area contributed by atoms with E-state index in [-0.39, 0.29) is 5.57 Å². The third-order valence-electron chi connectivity index (χ3n) is 4.50. The third-order valence-corrected chi connectivity index (χ3v) is 4.76. The average molecular weight is 386 g/mol. The highest BCUT2D eigenvalue weighted by Gasteiger charge is 2.37. The van der Waals surface area contributed by atoms with Gasteiger partial charge in [0.15, 0.2) is 5.88 Å². The Hall–Kier alpha value is -3.06. The van der Waals surface area contributed by atoms with Crippen molar-refractivity contribution in [2.24, 2.45) is 0 Å². The zero-order chi connectivity index (χ0) is 19.0. The van der Waals surface area contributed by atoms with E-state index < -0.39 is 17.8 Å². The molecule has 2 fully saturated rings. The van der Waals surface area contributed by atoms with E-state index in [1.54, 1.807) is 18.2 Å². The summed E-state index contributed by atoms with van der Waals surface area (Å²) >= 11 is 5.85. The average Bonchev–Trinajstić information content (AvgIpc) is 3.31. The number of halogens is 1. The number of urea groups is 1. The molecule has 2 aliphatic rings. The fourth-order valence-corrected chi connectivity index (χ4v) is 3.28. The first-order valence-corrected chi connectivity index (χ1v) is 8.92. The lowest BCUT2D eigenvalue weighted by atomic mass is 10.1. The largest absolute Gasteiger partial charge is 0.441 e. The maximum absolute atomic E-state index is 12.8. The molecule has 27 heavy (non-hydrogen) atoms. The van der Waals surface area contributed by atoms with Gasteiger partial charge < -0.3 is 9.32 Å². The van der Waals surface area contributed by atoms with Crippen LogP contribution in [0.25, 0.3) is 6.08 Å². The van der Waals surface area contributed by atoms with Gasteiger partial charge in [0.2, 0.25) is 0 Å². The number of nitrogens with zero attached hydrogens (tertiary/aromatic N) is 2. The van der Waals surface area contributed by atoms with Crippen molar-refractivity contribution in [2.45, 2.75) is 12.8 Å². The van der Waals surface area contributed by atoms with Gasteiger partial charge in [-0.3, -0.25) is 14.9 Å². The number of carbonyl (C=O) groups is 3. The lowest BCUT2D eigenvalue weighted by molar-refractivity contribution is -0.122. The molecular weight excluding hydrogens is 370 g/mol. The van der Waals surface area contributed by atoms with E-state index in [0.717, 1.165) is 30.8 Å². The molecular formula is C19H16ClN3O4. The highest BCUT2D eigenvalue weighted by atomic mass is 35.5. The number of amides is 4. The summed E-state index contributed by atoms with van der Waals surface area (Å²) in [6.07, 6.45) is 3.57. The molecule has 1 aromatic heterocycles. The Morgan fingerprint density at radius 3 is 2.41 bits per heavy atom. The van der Waals surface area contributed by atoms with E-state index in [2.05, 4.69) is 10.2 Å². The predicted molar refractivity (Wildman–Crippen MR) is 101 cm³/mol. The van der Waals surface area contributed by atoms with Crippen LogP contribution in [-0.2, 0) is 9.59 Å². The molecule has 3 heterocycles. The van der Waals surface area contributed by atoms with E-state index in [1.165, 1.54) is 18.2 Å². The first-order valence-electron chi connectivity index (χ1n) is 8.55. The van der Waals surface area contributed by atoms with Crippen LogP contribution in [0, 0.1) is 0 Å². The zero-order valence-corrected chi connectivity index (χ0v) is 15.0. The van der Waals surface area contributed by atoms with Gasteiger partial charge in [0.1, 0.15) is 11.3 Å². The summed E-state index contributed by atoms with van der Waals surface area (Å²) < 4.78 is 5.75. The van der Waals surface area contributed by atoms with Crippen molar-refractivity contribution in [1.29, 1.82) is 0 Å². The van der Waals surface area contributed by atoms with E-state index in [1.807, 2.05) is 6.07 Å². The minimum absolute atomic E-state index is 0.174. The Labute approximate surface area is 160 Å². The monoisotopic (exact) mass is 385 g/mol. The number of rotatable bonds is 3. The maximum atomic E-state index is 12.8. The van der Waals surface area contributed by atoms with Gasteiger partial charge >= 0.3 is 6.03 Å². The summed E-state index contributed by atoms with van der Waals surface area (Å²) in [7, 11) is 0. The lowest BCUT2D eigenvalue weighted by Crippen LogP contribution is -2.54. The second kappa shape index (κ2) is 6.92. The second-order valence-electron chi connectivity index (χ2n) is 6.30. The van der Waals surface area contributed by atoms with E-state index >= 15 is 0 Å². The Morgan fingerprint density at radius 2 is 1.70 bits per heavy atom. The number of carbonyl (C=O) groups excluding carboxylic acids is 3. The van der Waals surface area contributed by atoms with Crippen molar-refractivity contribution in [3.63, 3.8) is 0 Å². The van der Waals surface area contributed by atoms with Crippen LogP contribution in [0.4, 0.5) is 16.4 Å². The molecule has 138 valence electrons. The maximum Gasteiger partial charge on any atom is 0.335 e. The van der Waals surface area contributed by atoms with Crippen LogP contribution in [0.2, 0.25) is 5.02 Å². The van der Waals surface area contributed by atoms with Crippen LogP contribution in [0.3, 0.4) is 0 Å². The summed E-state index contributed by atoms with van der Waals surface area (Å²) in [5.41, 5.74) is 0.143. The van der Waals surface area contributed by atoms with Crippen molar-refractivity contribution in [3.8, 4) is 0 Å². The summed E-state index contributed by atoms with van der Waals surface area (Å²) in [5, 5.41) is 2.65. The number of furan rings is 1. The lowest BCUT2D eigenvalue weighted by Gasteiger charge is -2.26. The van der Waals surface area contributed by atoms with Crippen LogP contribution < -0.4 is 15.1 Å². The van der Waals surface area contributed by atoms with Crippen molar-refractivity contribution >= 4 is 47.1 Å². The molecule has 4 amide bonds. The Morgan fingerprint density at radius 1 is 1.00 bits per heavy atom. The van der Waals surface area contributed by atoms with Crippen molar-refractivity contribution in [1.82, 2.24) is 5.32 Å². The summed E-state index contributed by atoms with van der Waals surface area (Å²) in [6.45, 7) is 1.84. The highest BCUT2D eigenvalue weighted by molar-refractivity contribution is 6.39. The number of nitrogens with one attached hydrogen (secondary N) is 1. The predicted octanol–water partition coefficient (Wildman–Crippen LogP) is 3.20. The molecule has 2 aliphatic heterocycles. The van der Waals surface area contributed by atoms with E-state index in [0.29, 0.717) is 22.4 Å². The van der Waals surface area contributed by atoms with Crippen molar-refractivity contribution in [3.05, 3.63) is 52.8 Å². The number of imide groups is 2. The fraction of sp³-hybridized carbons (Fsp3) is 0.211. The molecule has 0 aliphatic carbocycles. The quantitative estimate of drug-likeness (QED) is 0.648. The molecule has 0 unspecified atom stereocenters. The molecule has 4 rings (SSSR count). The number of anilines is 2.